The van der Waals surface area contributed by atoms with E-state index in [0.717, 1.165) is 16.7 Å². The molecule has 4 rings (SSSR count). The topological polar surface area (TPSA) is 94.9 Å². The Bertz CT molecular complexity index is 1150. The number of aliphatic hydroxyl groups excluding tert-OH is 1. The average molecular weight is 472 g/mol. The molecule has 3 aromatic rings. The predicted octanol–water partition coefficient (Wildman–Crippen LogP) is 4.81. The van der Waals surface area contributed by atoms with E-state index in [9.17, 15) is 24.6 Å². The van der Waals surface area contributed by atoms with Gasteiger partial charge in [0.15, 0.2) is 0 Å². The summed E-state index contributed by atoms with van der Waals surface area (Å²) in [6.07, 6.45) is 1.22. The van der Waals surface area contributed by atoms with Gasteiger partial charge in [0.2, 0.25) is 0 Å². The highest BCUT2D eigenvalue weighted by molar-refractivity contribution is 6.21. The van der Waals surface area contributed by atoms with E-state index in [1.54, 1.807) is 24.3 Å². The van der Waals surface area contributed by atoms with Gasteiger partial charge in [-0.15, -0.1) is 0 Å². The molecule has 0 spiro atoms. The largest absolute Gasteiger partial charge is 0.481 e. The number of unbranched alkanes of at least 4 members (excludes halogenated alkanes) is 1. The average Bonchev–Trinajstić information content (AvgIpc) is 3.12. The van der Waals surface area contributed by atoms with Gasteiger partial charge in [-0.2, -0.15) is 0 Å². The van der Waals surface area contributed by atoms with E-state index in [4.69, 9.17) is 0 Å². The summed E-state index contributed by atoms with van der Waals surface area (Å²) in [6, 6.07) is 24.9. The fourth-order valence-electron chi connectivity index (χ4n) is 4.57. The third-order valence-corrected chi connectivity index (χ3v) is 6.60. The zero-order valence-corrected chi connectivity index (χ0v) is 19.5. The lowest BCUT2D eigenvalue weighted by Gasteiger charge is -2.20. The lowest BCUT2D eigenvalue weighted by Crippen LogP contribution is -2.31. The summed E-state index contributed by atoms with van der Waals surface area (Å²) in [6.45, 7) is 0.239. The van der Waals surface area contributed by atoms with E-state index in [-0.39, 0.29) is 24.8 Å². The number of aliphatic hydroxyl groups is 1. The molecule has 0 saturated heterocycles. The number of aliphatic carboxylic acids is 1. The van der Waals surface area contributed by atoms with Crippen LogP contribution in [0.3, 0.4) is 0 Å². The van der Waals surface area contributed by atoms with Crippen molar-refractivity contribution < 1.29 is 24.6 Å². The number of imide groups is 1. The number of amides is 2. The lowest BCUT2D eigenvalue weighted by molar-refractivity contribution is -0.146. The van der Waals surface area contributed by atoms with Crippen LogP contribution in [0.25, 0.3) is 11.1 Å². The van der Waals surface area contributed by atoms with Crippen LogP contribution >= 0.6 is 0 Å². The molecule has 3 aromatic carbocycles. The van der Waals surface area contributed by atoms with Crippen LogP contribution in [0.5, 0.6) is 0 Å². The van der Waals surface area contributed by atoms with Crippen LogP contribution < -0.4 is 0 Å². The molecule has 1 heterocycles. The van der Waals surface area contributed by atoms with Gasteiger partial charge in [0.1, 0.15) is 0 Å². The number of rotatable bonds is 11. The Balaban J connectivity index is 1.25. The van der Waals surface area contributed by atoms with Crippen molar-refractivity contribution in [3.8, 4) is 11.1 Å². The highest BCUT2D eigenvalue weighted by atomic mass is 16.4. The van der Waals surface area contributed by atoms with Crippen LogP contribution in [0.4, 0.5) is 0 Å². The van der Waals surface area contributed by atoms with E-state index in [1.165, 1.54) is 4.90 Å². The third-order valence-electron chi connectivity index (χ3n) is 6.60. The highest BCUT2D eigenvalue weighted by Gasteiger charge is 2.34. The number of fused-ring (bicyclic) bond motifs is 1. The molecule has 2 amide bonds. The first kappa shape index (κ1) is 24.4. The van der Waals surface area contributed by atoms with Gasteiger partial charge >= 0.3 is 5.97 Å². The normalized spacial score (nSPS) is 14.6. The molecule has 2 N–H and O–H groups in total. The highest BCUT2D eigenvalue weighted by Crippen LogP contribution is 2.24. The van der Waals surface area contributed by atoms with Crippen LogP contribution in [0.2, 0.25) is 0 Å². The van der Waals surface area contributed by atoms with Crippen molar-refractivity contribution in [2.24, 2.45) is 5.92 Å². The molecule has 0 bridgehead atoms. The second-order valence-electron chi connectivity index (χ2n) is 8.92. The first-order chi connectivity index (χ1) is 17.0. The number of hydrogen-bond donors (Lipinski definition) is 2. The first-order valence-corrected chi connectivity index (χ1v) is 12.0. The molecule has 6 nitrogen and oxygen atoms in total. The summed E-state index contributed by atoms with van der Waals surface area (Å²) in [7, 11) is 0. The molecule has 180 valence electrons. The van der Waals surface area contributed by atoms with Crippen molar-refractivity contribution in [2.45, 2.75) is 38.2 Å². The number of nitrogens with zero attached hydrogens (tertiary/aromatic N) is 1. The van der Waals surface area contributed by atoms with E-state index in [1.807, 2.05) is 54.6 Å². The van der Waals surface area contributed by atoms with Crippen molar-refractivity contribution in [3.63, 3.8) is 0 Å². The van der Waals surface area contributed by atoms with Crippen LogP contribution in [-0.4, -0.2) is 45.5 Å². The summed E-state index contributed by atoms with van der Waals surface area (Å²) in [5.41, 5.74) is 4.10. The van der Waals surface area contributed by atoms with E-state index >= 15 is 0 Å². The van der Waals surface area contributed by atoms with Crippen molar-refractivity contribution in [1.29, 1.82) is 0 Å². The van der Waals surface area contributed by atoms with E-state index in [0.29, 0.717) is 36.8 Å². The maximum atomic E-state index is 12.4. The Kier molecular flexibility index (Phi) is 7.73. The van der Waals surface area contributed by atoms with Crippen molar-refractivity contribution in [1.82, 2.24) is 4.90 Å². The molecule has 0 saturated carbocycles. The van der Waals surface area contributed by atoms with Gasteiger partial charge in [0, 0.05) is 6.54 Å². The van der Waals surface area contributed by atoms with Crippen molar-refractivity contribution in [2.75, 3.05) is 6.54 Å². The number of carbonyl (C=O) groups is 3. The van der Waals surface area contributed by atoms with Crippen LogP contribution in [0.15, 0.2) is 78.9 Å². The summed E-state index contributed by atoms with van der Waals surface area (Å²) in [4.78, 5) is 37.9. The molecule has 2 atom stereocenters. The summed E-state index contributed by atoms with van der Waals surface area (Å²) >= 11 is 0. The predicted molar refractivity (Wildman–Crippen MR) is 133 cm³/mol. The van der Waals surface area contributed by atoms with Gasteiger partial charge in [-0.25, -0.2) is 0 Å². The smallest absolute Gasteiger partial charge is 0.309 e. The Hall–Kier alpha value is -3.77. The fourth-order valence-corrected chi connectivity index (χ4v) is 4.57. The van der Waals surface area contributed by atoms with Gasteiger partial charge in [-0.1, -0.05) is 73.2 Å². The van der Waals surface area contributed by atoms with Gasteiger partial charge in [0.25, 0.3) is 11.8 Å². The number of carboxylic acids is 1. The maximum absolute atomic E-state index is 12.4. The first-order valence-electron chi connectivity index (χ1n) is 12.0. The minimum Gasteiger partial charge on any atom is -0.481 e. The number of hydrogen-bond acceptors (Lipinski definition) is 4. The maximum Gasteiger partial charge on any atom is 0.309 e. The molecule has 1 aliphatic rings. The molecular weight excluding hydrogens is 442 g/mol. The van der Waals surface area contributed by atoms with Crippen LogP contribution in [0, 0.1) is 5.92 Å². The molecule has 0 aliphatic carbocycles. The van der Waals surface area contributed by atoms with Gasteiger partial charge in [0.05, 0.1) is 23.1 Å². The summed E-state index contributed by atoms with van der Waals surface area (Å²) < 4.78 is 0. The quantitative estimate of drug-likeness (QED) is 0.309. The number of carbonyl (C=O) groups excluding carboxylic acids is 2. The summed E-state index contributed by atoms with van der Waals surface area (Å²) in [5.74, 6) is -2.53. The lowest BCUT2D eigenvalue weighted by atomic mass is 9.91. The molecule has 1 aliphatic heterocycles. The Morgan fingerprint density at radius 1 is 0.743 bits per heavy atom. The minimum absolute atomic E-state index is 0.239. The molecule has 0 fully saturated rings. The molecule has 6 heteroatoms. The van der Waals surface area contributed by atoms with E-state index < -0.39 is 18.0 Å². The van der Waals surface area contributed by atoms with Crippen molar-refractivity contribution in [3.05, 3.63) is 95.6 Å². The zero-order chi connectivity index (χ0) is 24.8. The Labute approximate surface area is 204 Å². The molecule has 0 aromatic heterocycles. The van der Waals surface area contributed by atoms with Crippen LogP contribution in [0.1, 0.15) is 52.0 Å². The minimum atomic E-state index is -1.03. The summed E-state index contributed by atoms with van der Waals surface area (Å²) in [5, 5.41) is 20.2. The van der Waals surface area contributed by atoms with Crippen molar-refractivity contribution >= 4 is 17.8 Å². The monoisotopic (exact) mass is 471 g/mol. The second kappa shape index (κ2) is 11.1. The standard InChI is InChI=1S/C29H29NO5/c31-26(18-15-20-13-16-22(17-14-20)21-8-2-1-3-9-21)25(29(34)35)12-6-7-19-30-27(32)23-10-4-5-11-24(23)28(30)33/h1-5,8-11,13-14,16-17,25-26,31H,6-7,12,15,18-19H2,(H,34,35). The van der Waals surface area contributed by atoms with Crippen LogP contribution in [-0.2, 0) is 11.2 Å². The zero-order valence-electron chi connectivity index (χ0n) is 19.5. The molecule has 35 heavy (non-hydrogen) atoms. The molecule has 0 radical (unpaired) electrons. The molecular formula is C29H29NO5. The number of benzene rings is 3. The Morgan fingerprint density at radius 2 is 1.31 bits per heavy atom. The van der Waals surface area contributed by atoms with Gasteiger partial charge < -0.3 is 10.2 Å². The number of aryl methyl sites for hydroxylation is 1. The molecule has 2 unspecified atom stereocenters. The Morgan fingerprint density at radius 3 is 1.91 bits per heavy atom. The van der Waals surface area contributed by atoms with Gasteiger partial charge in [-0.3, -0.25) is 19.3 Å². The third kappa shape index (κ3) is 5.66. The SMILES string of the molecule is O=C(O)C(CCCCN1C(=O)c2ccccc2C1=O)C(O)CCc1ccc(-c2ccccc2)cc1. The van der Waals surface area contributed by atoms with Gasteiger partial charge in [-0.05, 0) is 54.5 Å². The second-order valence-corrected chi connectivity index (χ2v) is 8.92. The number of carboxylic acid groups (broad SMARTS) is 1. The fraction of sp³-hybridized carbons (Fsp3) is 0.276. The van der Waals surface area contributed by atoms with E-state index in [2.05, 4.69) is 0 Å².